The smallest absolute Gasteiger partial charge is 0.421 e. The number of phenolic OH excluding ortho intramolecular Hbond substituents is 1. The van der Waals surface area contributed by atoms with Crippen molar-refractivity contribution in [1.82, 2.24) is 4.98 Å². The summed E-state index contributed by atoms with van der Waals surface area (Å²) in [4.78, 5) is 3.58. The number of halogens is 4. The molecule has 0 radical (unpaired) electrons. The Morgan fingerprint density at radius 2 is 2.00 bits per heavy atom. The number of para-hydroxylation sites is 1. The van der Waals surface area contributed by atoms with Crippen LogP contribution < -0.4 is 10.5 Å². The Balaban J connectivity index is 2.46. The largest absolute Gasteiger partial charge is 0.506 e. The molecule has 20 heavy (non-hydrogen) atoms. The summed E-state index contributed by atoms with van der Waals surface area (Å²) in [5, 5.41) is 9.40. The maximum Gasteiger partial charge on any atom is 0.421 e. The summed E-state index contributed by atoms with van der Waals surface area (Å²) in [5.74, 6) is -1.03. The first-order valence-electron chi connectivity index (χ1n) is 5.27. The van der Waals surface area contributed by atoms with Crippen molar-refractivity contribution in [2.75, 3.05) is 5.73 Å². The number of phenols is 1. The van der Waals surface area contributed by atoms with Crippen molar-refractivity contribution in [2.24, 2.45) is 0 Å². The van der Waals surface area contributed by atoms with Gasteiger partial charge in [0.1, 0.15) is 17.0 Å². The number of rotatable bonds is 2. The molecule has 1 heterocycles. The van der Waals surface area contributed by atoms with E-state index >= 15 is 0 Å². The molecule has 0 aliphatic rings. The van der Waals surface area contributed by atoms with E-state index in [9.17, 15) is 18.3 Å². The van der Waals surface area contributed by atoms with Crippen LogP contribution in [-0.4, -0.2) is 10.1 Å². The van der Waals surface area contributed by atoms with Crippen molar-refractivity contribution in [3.63, 3.8) is 0 Å². The predicted molar refractivity (Wildman–Crippen MR) is 69.5 cm³/mol. The molecule has 0 atom stereocenters. The first-order valence-corrected chi connectivity index (χ1v) is 6.06. The number of pyridine rings is 1. The third-order valence-corrected chi connectivity index (χ3v) is 2.81. The SMILES string of the molecule is Nc1c(O)cccc1Oc1ncc(Br)cc1C(F)(F)F. The summed E-state index contributed by atoms with van der Waals surface area (Å²) >= 11 is 2.92. The van der Waals surface area contributed by atoms with Crippen LogP contribution in [0.15, 0.2) is 34.9 Å². The predicted octanol–water partition coefficient (Wildman–Crippen LogP) is 3.94. The van der Waals surface area contributed by atoms with E-state index in [2.05, 4.69) is 20.9 Å². The second-order valence-corrected chi connectivity index (χ2v) is 4.71. The van der Waals surface area contributed by atoms with E-state index in [1.54, 1.807) is 0 Å². The van der Waals surface area contributed by atoms with Gasteiger partial charge in [0.2, 0.25) is 5.88 Å². The lowest BCUT2D eigenvalue weighted by atomic mass is 10.2. The van der Waals surface area contributed by atoms with Crippen molar-refractivity contribution >= 4 is 21.6 Å². The lowest BCUT2D eigenvalue weighted by Gasteiger charge is -2.14. The fraction of sp³-hybridized carbons (Fsp3) is 0.0833. The third-order valence-electron chi connectivity index (χ3n) is 2.37. The number of hydrogen-bond acceptors (Lipinski definition) is 4. The van der Waals surface area contributed by atoms with Gasteiger partial charge in [0.25, 0.3) is 0 Å². The maximum atomic E-state index is 12.9. The van der Waals surface area contributed by atoms with Crippen LogP contribution in [0.2, 0.25) is 0 Å². The van der Waals surface area contributed by atoms with E-state index in [4.69, 9.17) is 10.5 Å². The number of ether oxygens (including phenoxy) is 1. The Morgan fingerprint density at radius 1 is 1.30 bits per heavy atom. The molecule has 0 spiro atoms. The van der Waals surface area contributed by atoms with E-state index in [-0.39, 0.29) is 21.7 Å². The van der Waals surface area contributed by atoms with E-state index in [1.807, 2.05) is 0 Å². The molecule has 1 aromatic heterocycles. The third kappa shape index (κ3) is 2.96. The second-order valence-electron chi connectivity index (χ2n) is 3.80. The lowest BCUT2D eigenvalue weighted by Crippen LogP contribution is -2.08. The molecule has 0 saturated carbocycles. The molecule has 2 rings (SSSR count). The normalized spacial score (nSPS) is 11.4. The summed E-state index contributed by atoms with van der Waals surface area (Å²) in [7, 11) is 0. The zero-order valence-electron chi connectivity index (χ0n) is 9.78. The minimum atomic E-state index is -4.63. The molecule has 0 aliphatic carbocycles. The number of anilines is 1. The van der Waals surface area contributed by atoms with Gasteiger partial charge in [0.05, 0.1) is 0 Å². The summed E-state index contributed by atoms with van der Waals surface area (Å²) in [6.07, 6.45) is -3.46. The van der Waals surface area contributed by atoms with Gasteiger partial charge in [-0.2, -0.15) is 13.2 Å². The van der Waals surface area contributed by atoms with Crippen LogP contribution in [0.25, 0.3) is 0 Å². The number of nitrogen functional groups attached to an aromatic ring is 1. The molecular weight excluding hydrogens is 341 g/mol. The molecule has 2 aromatic rings. The van der Waals surface area contributed by atoms with Crippen LogP contribution in [-0.2, 0) is 6.18 Å². The Hall–Kier alpha value is -1.96. The molecule has 0 saturated heterocycles. The molecule has 1 aromatic carbocycles. The van der Waals surface area contributed by atoms with Crippen LogP contribution in [0, 0.1) is 0 Å². The van der Waals surface area contributed by atoms with Crippen molar-refractivity contribution in [3.8, 4) is 17.4 Å². The summed E-state index contributed by atoms with van der Waals surface area (Å²) in [6.45, 7) is 0. The van der Waals surface area contributed by atoms with Crippen LogP contribution in [0.1, 0.15) is 5.56 Å². The minimum absolute atomic E-state index is 0.106. The standard InChI is InChI=1S/C12H8BrF3N2O2/c13-6-4-7(12(14,15)16)11(18-5-6)20-9-3-1-2-8(19)10(9)17/h1-5,19H,17H2. The molecule has 106 valence electrons. The summed E-state index contributed by atoms with van der Waals surface area (Å²) in [6, 6.07) is 4.87. The fourth-order valence-electron chi connectivity index (χ4n) is 1.44. The lowest BCUT2D eigenvalue weighted by molar-refractivity contribution is -0.138. The van der Waals surface area contributed by atoms with E-state index in [0.29, 0.717) is 0 Å². The van der Waals surface area contributed by atoms with E-state index < -0.39 is 17.6 Å². The maximum absolute atomic E-state index is 12.9. The quantitative estimate of drug-likeness (QED) is 0.637. The number of hydrogen-bond donors (Lipinski definition) is 2. The van der Waals surface area contributed by atoms with Crippen LogP contribution in [0.3, 0.4) is 0 Å². The Kier molecular flexibility index (Phi) is 3.76. The highest BCUT2D eigenvalue weighted by molar-refractivity contribution is 9.10. The topological polar surface area (TPSA) is 68.4 Å². The van der Waals surface area contributed by atoms with Crippen molar-refractivity contribution < 1.29 is 23.0 Å². The van der Waals surface area contributed by atoms with Gasteiger partial charge in [-0.15, -0.1) is 0 Å². The number of alkyl halides is 3. The average Bonchev–Trinajstić information content (AvgIpc) is 2.36. The summed E-state index contributed by atoms with van der Waals surface area (Å²) < 4.78 is 43.9. The fourth-order valence-corrected chi connectivity index (χ4v) is 1.77. The number of nitrogens with two attached hydrogens (primary N) is 1. The molecule has 0 bridgehead atoms. The Morgan fingerprint density at radius 3 is 2.65 bits per heavy atom. The van der Waals surface area contributed by atoms with Crippen LogP contribution in [0.5, 0.6) is 17.4 Å². The second kappa shape index (κ2) is 5.20. The van der Waals surface area contributed by atoms with Crippen LogP contribution >= 0.6 is 15.9 Å². The van der Waals surface area contributed by atoms with Gasteiger partial charge < -0.3 is 15.6 Å². The first kappa shape index (κ1) is 14.4. The zero-order valence-corrected chi connectivity index (χ0v) is 11.4. The van der Waals surface area contributed by atoms with E-state index in [1.165, 1.54) is 24.4 Å². The van der Waals surface area contributed by atoms with Crippen molar-refractivity contribution in [1.29, 1.82) is 0 Å². The Bertz CT molecular complexity index is 647. The molecule has 0 aliphatic heterocycles. The van der Waals surface area contributed by atoms with Gasteiger partial charge in [-0.1, -0.05) is 6.07 Å². The van der Waals surface area contributed by atoms with Gasteiger partial charge in [-0.05, 0) is 34.1 Å². The number of nitrogens with zero attached hydrogens (tertiary/aromatic N) is 1. The van der Waals surface area contributed by atoms with Crippen molar-refractivity contribution in [2.45, 2.75) is 6.18 Å². The van der Waals surface area contributed by atoms with Gasteiger partial charge in [-0.3, -0.25) is 0 Å². The van der Waals surface area contributed by atoms with Crippen molar-refractivity contribution in [3.05, 3.63) is 40.5 Å². The molecule has 0 amide bonds. The molecular formula is C12H8BrF3N2O2. The minimum Gasteiger partial charge on any atom is -0.506 e. The molecule has 0 fully saturated rings. The van der Waals surface area contributed by atoms with Gasteiger partial charge in [-0.25, -0.2) is 4.98 Å². The average molecular weight is 349 g/mol. The Labute approximate surface area is 120 Å². The van der Waals surface area contributed by atoms with Gasteiger partial charge in [0.15, 0.2) is 5.75 Å². The molecule has 8 heteroatoms. The highest BCUT2D eigenvalue weighted by Gasteiger charge is 2.36. The molecule has 3 N–H and O–H groups in total. The highest BCUT2D eigenvalue weighted by Crippen LogP contribution is 2.40. The monoisotopic (exact) mass is 348 g/mol. The molecule has 0 unspecified atom stereocenters. The van der Waals surface area contributed by atoms with Gasteiger partial charge in [0, 0.05) is 10.7 Å². The van der Waals surface area contributed by atoms with Crippen LogP contribution in [0.4, 0.5) is 18.9 Å². The highest BCUT2D eigenvalue weighted by atomic mass is 79.9. The number of aromatic hydroxyl groups is 1. The first-order chi connectivity index (χ1) is 9.29. The van der Waals surface area contributed by atoms with E-state index in [0.717, 1.165) is 6.07 Å². The van der Waals surface area contributed by atoms with Gasteiger partial charge >= 0.3 is 6.18 Å². The molecule has 4 nitrogen and oxygen atoms in total. The number of benzene rings is 1. The summed E-state index contributed by atoms with van der Waals surface area (Å²) in [5.41, 5.74) is 4.32. The zero-order chi connectivity index (χ0) is 14.9. The number of aromatic nitrogens is 1.